The lowest BCUT2D eigenvalue weighted by molar-refractivity contribution is 0.0663. The van der Waals surface area contributed by atoms with Gasteiger partial charge in [0.1, 0.15) is 11.5 Å². The molecule has 2 aliphatic rings. The Hall–Kier alpha value is -2.04. The van der Waals surface area contributed by atoms with Crippen molar-refractivity contribution < 1.29 is 9.84 Å². The highest BCUT2D eigenvalue weighted by atomic mass is 16.5. The van der Waals surface area contributed by atoms with Crippen molar-refractivity contribution in [3.05, 3.63) is 59.2 Å². The predicted molar refractivity (Wildman–Crippen MR) is 109 cm³/mol. The Morgan fingerprint density at radius 3 is 2.74 bits per heavy atom. The SMILES string of the molecule is COc1ccc(CCNC2C3Cc4ccc(O)cc4C2(C)CCN3C)cc1. The molecule has 4 rings (SSSR count). The zero-order chi connectivity index (χ0) is 19.0. The number of likely N-dealkylation sites (tertiary alicyclic amines) is 1. The fourth-order valence-corrected chi connectivity index (χ4v) is 5.01. The monoisotopic (exact) mass is 366 g/mol. The minimum Gasteiger partial charge on any atom is -0.508 e. The highest BCUT2D eigenvalue weighted by Gasteiger charge is 2.49. The van der Waals surface area contributed by atoms with Crippen LogP contribution in [0.1, 0.15) is 30.0 Å². The highest BCUT2D eigenvalue weighted by Crippen LogP contribution is 2.45. The van der Waals surface area contributed by atoms with Gasteiger partial charge in [0.25, 0.3) is 0 Å². The topological polar surface area (TPSA) is 44.7 Å². The first-order chi connectivity index (χ1) is 13.0. The van der Waals surface area contributed by atoms with E-state index in [0.717, 1.165) is 38.1 Å². The number of benzene rings is 2. The lowest BCUT2D eigenvalue weighted by Gasteiger charge is -2.55. The van der Waals surface area contributed by atoms with Crippen molar-refractivity contribution in [3.8, 4) is 11.5 Å². The minimum absolute atomic E-state index is 0.0589. The van der Waals surface area contributed by atoms with Crippen molar-refractivity contribution in [3.63, 3.8) is 0 Å². The van der Waals surface area contributed by atoms with Crippen LogP contribution in [0, 0.1) is 0 Å². The van der Waals surface area contributed by atoms with Crippen LogP contribution in [0.25, 0.3) is 0 Å². The minimum atomic E-state index is 0.0589. The standard InChI is InChI=1S/C23H30N2O2/c1-23-11-13-25(2)21(14-17-6-7-18(26)15-20(17)23)22(23)24-12-10-16-4-8-19(27-3)9-5-16/h4-9,15,21-22,24,26H,10-14H2,1-3H3. The van der Waals surface area contributed by atoms with Gasteiger partial charge in [-0.05, 0) is 80.4 Å². The molecule has 1 heterocycles. The molecule has 3 atom stereocenters. The molecule has 2 N–H and O–H groups in total. The van der Waals surface area contributed by atoms with E-state index in [1.807, 2.05) is 24.3 Å². The van der Waals surface area contributed by atoms with Crippen LogP contribution in [0.2, 0.25) is 0 Å². The summed E-state index contributed by atoms with van der Waals surface area (Å²) in [6.07, 6.45) is 3.15. The summed E-state index contributed by atoms with van der Waals surface area (Å²) < 4.78 is 5.25. The molecule has 0 spiro atoms. The first-order valence-corrected chi connectivity index (χ1v) is 9.90. The Labute approximate surface area is 162 Å². The second kappa shape index (κ2) is 7.17. The number of nitrogens with zero attached hydrogens (tertiary/aromatic N) is 1. The van der Waals surface area contributed by atoms with E-state index in [1.54, 1.807) is 7.11 Å². The van der Waals surface area contributed by atoms with Gasteiger partial charge in [-0.25, -0.2) is 0 Å². The fourth-order valence-electron chi connectivity index (χ4n) is 5.01. The van der Waals surface area contributed by atoms with Gasteiger partial charge in [0.05, 0.1) is 7.11 Å². The molecule has 144 valence electrons. The Balaban J connectivity index is 1.52. The second-order valence-electron chi connectivity index (χ2n) is 8.29. The maximum absolute atomic E-state index is 10.1. The Morgan fingerprint density at radius 1 is 1.22 bits per heavy atom. The average molecular weight is 367 g/mol. The number of ether oxygens (including phenoxy) is 1. The van der Waals surface area contributed by atoms with Crippen molar-refractivity contribution in [2.75, 3.05) is 27.2 Å². The fraction of sp³-hybridized carbons (Fsp3) is 0.478. The number of nitrogens with one attached hydrogen (secondary N) is 1. The molecule has 2 aromatic rings. The van der Waals surface area contributed by atoms with Crippen molar-refractivity contribution >= 4 is 0 Å². The maximum atomic E-state index is 10.1. The van der Waals surface area contributed by atoms with E-state index in [-0.39, 0.29) is 5.41 Å². The van der Waals surface area contributed by atoms with Gasteiger partial charge in [0.2, 0.25) is 0 Å². The largest absolute Gasteiger partial charge is 0.508 e. The Kier molecular flexibility index (Phi) is 4.87. The van der Waals surface area contributed by atoms with Crippen LogP contribution in [0.15, 0.2) is 42.5 Å². The molecule has 1 aliphatic heterocycles. The predicted octanol–water partition coefficient (Wildman–Crippen LogP) is 3.12. The molecule has 0 aromatic heterocycles. The molecule has 0 amide bonds. The number of rotatable bonds is 5. The van der Waals surface area contributed by atoms with Crippen LogP contribution >= 0.6 is 0 Å². The zero-order valence-electron chi connectivity index (χ0n) is 16.5. The smallest absolute Gasteiger partial charge is 0.118 e. The summed E-state index contributed by atoms with van der Waals surface area (Å²) in [4.78, 5) is 2.50. The Bertz CT molecular complexity index is 805. The third kappa shape index (κ3) is 3.32. The van der Waals surface area contributed by atoms with Gasteiger partial charge >= 0.3 is 0 Å². The molecule has 2 aromatic carbocycles. The van der Waals surface area contributed by atoms with Crippen LogP contribution in [0.5, 0.6) is 11.5 Å². The van der Waals surface area contributed by atoms with Gasteiger partial charge < -0.3 is 20.1 Å². The summed E-state index contributed by atoms with van der Waals surface area (Å²) in [6, 6.07) is 15.2. The summed E-state index contributed by atoms with van der Waals surface area (Å²) in [5.74, 6) is 1.28. The molecule has 2 bridgehead atoms. The van der Waals surface area contributed by atoms with Crippen molar-refractivity contribution in [2.24, 2.45) is 0 Å². The summed E-state index contributed by atoms with van der Waals surface area (Å²) in [5, 5.41) is 13.9. The lowest BCUT2D eigenvalue weighted by Crippen LogP contribution is -2.66. The molecule has 4 nitrogen and oxygen atoms in total. The molecule has 0 saturated carbocycles. The van der Waals surface area contributed by atoms with E-state index in [2.05, 4.69) is 42.4 Å². The van der Waals surface area contributed by atoms with Crippen LogP contribution < -0.4 is 10.1 Å². The number of likely N-dealkylation sites (N-methyl/N-ethyl adjacent to an activating group) is 1. The summed E-state index contributed by atoms with van der Waals surface area (Å²) in [5.41, 5.74) is 4.10. The third-order valence-corrected chi connectivity index (χ3v) is 6.70. The number of phenolic OH excluding ortho intramolecular Hbond substituents is 1. The number of fused-ring (bicyclic) bond motifs is 4. The molecule has 3 unspecified atom stereocenters. The van der Waals surface area contributed by atoms with E-state index in [9.17, 15) is 5.11 Å². The number of methoxy groups -OCH3 is 1. The third-order valence-electron chi connectivity index (χ3n) is 6.70. The zero-order valence-corrected chi connectivity index (χ0v) is 16.5. The van der Waals surface area contributed by atoms with Crippen molar-refractivity contribution in [1.29, 1.82) is 0 Å². The van der Waals surface area contributed by atoms with E-state index in [4.69, 9.17) is 4.74 Å². The van der Waals surface area contributed by atoms with Crippen LogP contribution in [0.3, 0.4) is 0 Å². The molecule has 4 heteroatoms. The normalized spacial score (nSPS) is 27.2. The van der Waals surface area contributed by atoms with E-state index in [1.165, 1.54) is 16.7 Å². The Morgan fingerprint density at radius 2 is 2.00 bits per heavy atom. The molecular weight excluding hydrogens is 336 g/mol. The lowest BCUT2D eigenvalue weighted by atomic mass is 9.61. The van der Waals surface area contributed by atoms with Crippen LogP contribution in [-0.4, -0.2) is 49.3 Å². The van der Waals surface area contributed by atoms with E-state index in [0.29, 0.717) is 17.8 Å². The van der Waals surface area contributed by atoms with Crippen LogP contribution in [0.4, 0.5) is 0 Å². The summed E-state index contributed by atoms with van der Waals surface area (Å²) >= 11 is 0. The second-order valence-corrected chi connectivity index (χ2v) is 8.29. The first-order valence-electron chi connectivity index (χ1n) is 9.90. The number of aromatic hydroxyl groups is 1. The molecule has 1 fully saturated rings. The number of hydrogen-bond acceptors (Lipinski definition) is 4. The van der Waals surface area contributed by atoms with Gasteiger partial charge in [-0.2, -0.15) is 0 Å². The molecule has 27 heavy (non-hydrogen) atoms. The summed E-state index contributed by atoms with van der Waals surface area (Å²) in [6.45, 7) is 4.42. The van der Waals surface area contributed by atoms with Gasteiger partial charge in [-0.1, -0.05) is 25.1 Å². The quantitative estimate of drug-likeness (QED) is 0.853. The van der Waals surface area contributed by atoms with Gasteiger partial charge in [0.15, 0.2) is 0 Å². The first kappa shape index (κ1) is 18.3. The highest BCUT2D eigenvalue weighted by molar-refractivity contribution is 5.45. The average Bonchev–Trinajstić information content (AvgIpc) is 2.68. The van der Waals surface area contributed by atoms with E-state index < -0.39 is 0 Å². The molecule has 0 radical (unpaired) electrons. The molecule has 1 saturated heterocycles. The number of piperidine rings is 1. The van der Waals surface area contributed by atoms with Gasteiger partial charge in [0, 0.05) is 17.5 Å². The molecule has 1 aliphatic carbocycles. The van der Waals surface area contributed by atoms with Gasteiger partial charge in [-0.3, -0.25) is 0 Å². The number of hydrogen-bond donors (Lipinski definition) is 2. The van der Waals surface area contributed by atoms with Crippen molar-refractivity contribution in [1.82, 2.24) is 10.2 Å². The van der Waals surface area contributed by atoms with Gasteiger partial charge in [-0.15, -0.1) is 0 Å². The maximum Gasteiger partial charge on any atom is 0.118 e. The van der Waals surface area contributed by atoms with Crippen LogP contribution in [-0.2, 0) is 18.3 Å². The van der Waals surface area contributed by atoms with E-state index >= 15 is 0 Å². The summed E-state index contributed by atoms with van der Waals surface area (Å²) in [7, 11) is 3.94. The molecular formula is C23H30N2O2. The van der Waals surface area contributed by atoms with Crippen molar-refractivity contribution in [2.45, 2.75) is 43.7 Å². The number of phenols is 1.